The van der Waals surface area contributed by atoms with Crippen LogP contribution in [0.25, 0.3) is 0 Å². The summed E-state index contributed by atoms with van der Waals surface area (Å²) >= 11 is 0. The molecule has 134 valence electrons. The van der Waals surface area contributed by atoms with Crippen LogP contribution in [0.2, 0.25) is 0 Å². The van der Waals surface area contributed by atoms with E-state index in [1.165, 1.54) is 17.0 Å². The Morgan fingerprint density at radius 2 is 1.84 bits per heavy atom. The third kappa shape index (κ3) is 3.18. The van der Waals surface area contributed by atoms with Gasteiger partial charge in [-0.2, -0.15) is 8.78 Å². The van der Waals surface area contributed by atoms with Gasteiger partial charge in [0.05, 0.1) is 6.04 Å². The van der Waals surface area contributed by atoms with Crippen molar-refractivity contribution < 1.29 is 23.0 Å². The van der Waals surface area contributed by atoms with Crippen molar-refractivity contribution in [2.75, 3.05) is 20.3 Å². The predicted molar refractivity (Wildman–Crippen MR) is 88.4 cm³/mol. The molecule has 1 aliphatic rings. The van der Waals surface area contributed by atoms with Gasteiger partial charge in [0.2, 0.25) is 0 Å². The van der Waals surface area contributed by atoms with Crippen molar-refractivity contribution in [3.8, 4) is 11.5 Å². The van der Waals surface area contributed by atoms with Gasteiger partial charge in [-0.3, -0.25) is 9.36 Å². The van der Waals surface area contributed by atoms with E-state index in [0.29, 0.717) is 30.4 Å². The summed E-state index contributed by atoms with van der Waals surface area (Å²) in [5.74, 6) is 0.831. The molecule has 0 spiro atoms. The van der Waals surface area contributed by atoms with Gasteiger partial charge in [0.1, 0.15) is 18.9 Å². The molecule has 0 aliphatic carbocycles. The van der Waals surface area contributed by atoms with E-state index in [9.17, 15) is 13.6 Å². The van der Waals surface area contributed by atoms with Gasteiger partial charge in [0, 0.05) is 12.7 Å². The zero-order valence-electron chi connectivity index (χ0n) is 14.3. The molecule has 7 heteroatoms. The summed E-state index contributed by atoms with van der Waals surface area (Å²) < 4.78 is 38.2. The van der Waals surface area contributed by atoms with Crippen molar-refractivity contribution >= 4 is 5.91 Å². The Morgan fingerprint density at radius 1 is 1.16 bits per heavy atom. The molecular weight excluding hydrogens is 330 g/mol. The number of hydrogen-bond acceptors (Lipinski definition) is 3. The number of aryl methyl sites for hydroxylation is 1. The maximum atomic E-state index is 13.2. The number of nitrogens with zero attached hydrogens (tertiary/aromatic N) is 2. The van der Waals surface area contributed by atoms with E-state index in [-0.39, 0.29) is 11.7 Å². The molecular formula is C18H20F2N2O3. The molecule has 3 rings (SSSR count). The van der Waals surface area contributed by atoms with Gasteiger partial charge in [-0.1, -0.05) is 6.07 Å². The Balaban J connectivity index is 1.85. The molecule has 1 amide bonds. The minimum atomic E-state index is -2.76. The third-order valence-electron chi connectivity index (χ3n) is 4.49. The quantitative estimate of drug-likeness (QED) is 0.842. The zero-order valence-corrected chi connectivity index (χ0v) is 14.3. The fraction of sp³-hybridized carbons (Fsp3) is 0.389. The van der Waals surface area contributed by atoms with E-state index in [2.05, 4.69) is 0 Å². The normalized spacial score (nSPS) is 14.5. The van der Waals surface area contributed by atoms with Crippen LogP contribution in [0.4, 0.5) is 8.78 Å². The van der Waals surface area contributed by atoms with Gasteiger partial charge < -0.3 is 14.4 Å². The average molecular weight is 350 g/mol. The Hall–Kier alpha value is -2.57. The van der Waals surface area contributed by atoms with Crippen molar-refractivity contribution in [1.29, 1.82) is 0 Å². The number of carbonyl (C=O) groups excluding carboxylic acids is 1. The molecule has 0 radical (unpaired) electrons. The van der Waals surface area contributed by atoms with Crippen LogP contribution in [0, 0.1) is 6.92 Å². The van der Waals surface area contributed by atoms with Crippen molar-refractivity contribution in [3.63, 3.8) is 0 Å². The fourth-order valence-electron chi connectivity index (χ4n) is 2.88. The number of fused-ring (bicyclic) bond motifs is 1. The maximum absolute atomic E-state index is 13.2. The summed E-state index contributed by atoms with van der Waals surface area (Å²) in [6.07, 6.45) is 0. The topological polar surface area (TPSA) is 43.7 Å². The van der Waals surface area contributed by atoms with E-state index >= 15 is 0 Å². The summed E-state index contributed by atoms with van der Waals surface area (Å²) in [5, 5.41) is 0. The molecule has 0 saturated carbocycles. The second-order valence-electron chi connectivity index (χ2n) is 6.00. The standard InChI is InChI=1S/C18H20F2N2O3/c1-11-4-6-14(22(11)18(19)20)17(23)21(3)12(2)13-5-7-15-16(10-13)25-9-8-24-15/h4-7,10,12,18H,8-9H2,1-3H3. The van der Waals surface area contributed by atoms with Gasteiger partial charge in [0.25, 0.3) is 5.91 Å². The van der Waals surface area contributed by atoms with Crippen LogP contribution in [0.15, 0.2) is 30.3 Å². The van der Waals surface area contributed by atoms with Crippen LogP contribution in [0.5, 0.6) is 11.5 Å². The highest BCUT2D eigenvalue weighted by Gasteiger charge is 2.26. The van der Waals surface area contributed by atoms with Crippen LogP contribution >= 0.6 is 0 Å². The molecule has 0 bridgehead atoms. The minimum absolute atomic E-state index is 0.0283. The van der Waals surface area contributed by atoms with Crippen molar-refractivity contribution in [2.24, 2.45) is 0 Å². The van der Waals surface area contributed by atoms with Crippen molar-refractivity contribution in [1.82, 2.24) is 9.47 Å². The SMILES string of the molecule is Cc1ccc(C(=O)N(C)C(C)c2ccc3c(c2)OCCO3)n1C(F)F. The number of hydrogen-bond donors (Lipinski definition) is 0. The number of halogens is 2. The molecule has 1 atom stereocenters. The summed E-state index contributed by atoms with van der Waals surface area (Å²) in [6, 6.07) is 8.09. The predicted octanol–water partition coefficient (Wildman–Crippen LogP) is 3.80. The van der Waals surface area contributed by atoms with Gasteiger partial charge >= 0.3 is 6.55 Å². The largest absolute Gasteiger partial charge is 0.486 e. The number of ether oxygens (including phenoxy) is 2. The molecule has 2 aromatic rings. The second-order valence-corrected chi connectivity index (χ2v) is 6.00. The molecule has 0 fully saturated rings. The molecule has 5 nitrogen and oxygen atoms in total. The lowest BCUT2D eigenvalue weighted by Gasteiger charge is -2.27. The highest BCUT2D eigenvalue weighted by atomic mass is 19.3. The molecule has 25 heavy (non-hydrogen) atoms. The number of rotatable bonds is 4. The lowest BCUT2D eigenvalue weighted by molar-refractivity contribution is 0.0545. The smallest absolute Gasteiger partial charge is 0.319 e. The molecule has 1 aromatic heterocycles. The van der Waals surface area contributed by atoms with E-state index in [4.69, 9.17) is 9.47 Å². The first-order chi connectivity index (χ1) is 11.9. The van der Waals surface area contributed by atoms with Crippen LogP contribution in [0.1, 0.15) is 41.3 Å². The van der Waals surface area contributed by atoms with Crippen LogP contribution < -0.4 is 9.47 Å². The van der Waals surface area contributed by atoms with Crippen molar-refractivity contribution in [3.05, 3.63) is 47.3 Å². The monoisotopic (exact) mass is 350 g/mol. The van der Waals surface area contributed by atoms with Gasteiger partial charge in [0.15, 0.2) is 11.5 Å². The van der Waals surface area contributed by atoms with Gasteiger partial charge in [-0.05, 0) is 43.7 Å². The molecule has 0 saturated heterocycles. The highest BCUT2D eigenvalue weighted by Crippen LogP contribution is 2.34. The summed E-state index contributed by atoms with van der Waals surface area (Å²) in [4.78, 5) is 14.1. The zero-order chi connectivity index (χ0) is 18.1. The highest BCUT2D eigenvalue weighted by molar-refractivity contribution is 5.93. The molecule has 1 aromatic carbocycles. The number of amides is 1. The first kappa shape index (κ1) is 17.3. The Morgan fingerprint density at radius 3 is 2.52 bits per heavy atom. The second kappa shape index (κ2) is 6.74. The van der Waals surface area contributed by atoms with Crippen LogP contribution in [-0.4, -0.2) is 35.6 Å². The Labute approximate surface area is 144 Å². The van der Waals surface area contributed by atoms with E-state index < -0.39 is 12.5 Å². The molecule has 0 N–H and O–H groups in total. The Bertz CT molecular complexity index is 789. The fourth-order valence-corrected chi connectivity index (χ4v) is 2.88. The summed E-state index contributed by atoms with van der Waals surface area (Å²) in [6.45, 7) is 1.61. The molecule has 2 heterocycles. The Kier molecular flexibility index (Phi) is 4.65. The van der Waals surface area contributed by atoms with E-state index in [1.54, 1.807) is 20.0 Å². The first-order valence-electron chi connectivity index (χ1n) is 8.03. The van der Waals surface area contributed by atoms with Crippen LogP contribution in [-0.2, 0) is 0 Å². The first-order valence-corrected chi connectivity index (χ1v) is 8.03. The summed E-state index contributed by atoms with van der Waals surface area (Å²) in [5.41, 5.74) is 1.16. The number of aromatic nitrogens is 1. The van der Waals surface area contributed by atoms with E-state index in [1.807, 2.05) is 19.1 Å². The molecule has 1 aliphatic heterocycles. The van der Waals surface area contributed by atoms with Gasteiger partial charge in [-0.15, -0.1) is 0 Å². The van der Waals surface area contributed by atoms with Gasteiger partial charge in [-0.25, -0.2) is 0 Å². The number of carbonyl (C=O) groups is 1. The molecule has 1 unspecified atom stereocenters. The lowest BCUT2D eigenvalue weighted by atomic mass is 10.1. The van der Waals surface area contributed by atoms with Crippen LogP contribution in [0.3, 0.4) is 0 Å². The number of alkyl halides is 2. The number of benzene rings is 1. The lowest BCUT2D eigenvalue weighted by Crippen LogP contribution is -2.31. The van der Waals surface area contributed by atoms with E-state index in [0.717, 1.165) is 10.1 Å². The maximum Gasteiger partial charge on any atom is 0.319 e. The van der Waals surface area contributed by atoms with Crippen molar-refractivity contribution in [2.45, 2.75) is 26.4 Å². The summed E-state index contributed by atoms with van der Waals surface area (Å²) in [7, 11) is 1.60. The average Bonchev–Trinajstić information content (AvgIpc) is 3.01. The minimum Gasteiger partial charge on any atom is -0.486 e. The third-order valence-corrected chi connectivity index (χ3v) is 4.49.